The van der Waals surface area contributed by atoms with E-state index in [1.807, 2.05) is 53.9 Å². The SMILES string of the molecule is CCCc1ccc(C(=O)NCc2ccc(C(=O)c3cccs3)s2)cc1. The molecule has 0 saturated heterocycles. The zero-order chi connectivity index (χ0) is 17.6. The van der Waals surface area contributed by atoms with Crippen LogP contribution in [-0.4, -0.2) is 11.7 Å². The summed E-state index contributed by atoms with van der Waals surface area (Å²) in [6.45, 7) is 2.57. The number of hydrogen-bond acceptors (Lipinski definition) is 4. The van der Waals surface area contributed by atoms with Crippen LogP contribution < -0.4 is 5.32 Å². The molecule has 5 heteroatoms. The quantitative estimate of drug-likeness (QED) is 0.601. The first-order chi connectivity index (χ1) is 12.2. The van der Waals surface area contributed by atoms with Crippen LogP contribution in [0.3, 0.4) is 0 Å². The Morgan fingerprint density at radius 2 is 1.80 bits per heavy atom. The van der Waals surface area contributed by atoms with Crippen molar-refractivity contribution >= 4 is 34.4 Å². The fourth-order valence-electron chi connectivity index (χ4n) is 2.51. The van der Waals surface area contributed by atoms with Gasteiger partial charge in [-0.15, -0.1) is 22.7 Å². The topological polar surface area (TPSA) is 46.2 Å². The molecule has 0 atom stereocenters. The zero-order valence-electron chi connectivity index (χ0n) is 14.0. The van der Waals surface area contributed by atoms with Crippen molar-refractivity contribution in [2.75, 3.05) is 0 Å². The van der Waals surface area contributed by atoms with Crippen molar-refractivity contribution in [1.82, 2.24) is 5.32 Å². The van der Waals surface area contributed by atoms with Gasteiger partial charge in [0.25, 0.3) is 5.91 Å². The van der Waals surface area contributed by atoms with Crippen LogP contribution in [-0.2, 0) is 13.0 Å². The molecule has 2 heterocycles. The van der Waals surface area contributed by atoms with Crippen LogP contribution in [0.5, 0.6) is 0 Å². The van der Waals surface area contributed by atoms with Crippen LogP contribution in [0.2, 0.25) is 0 Å². The standard InChI is InChI=1S/C20H19NO2S2/c1-2-4-14-6-8-15(9-7-14)20(23)21-13-16-10-11-18(25-16)19(22)17-5-3-12-24-17/h3,5-12H,2,4,13H2,1H3,(H,21,23). The number of carbonyl (C=O) groups excluding carboxylic acids is 2. The third kappa shape index (κ3) is 4.44. The largest absolute Gasteiger partial charge is 0.347 e. The highest BCUT2D eigenvalue weighted by Crippen LogP contribution is 2.22. The van der Waals surface area contributed by atoms with Gasteiger partial charge in [0.2, 0.25) is 5.78 Å². The van der Waals surface area contributed by atoms with E-state index >= 15 is 0 Å². The van der Waals surface area contributed by atoms with E-state index in [9.17, 15) is 9.59 Å². The molecule has 3 aromatic rings. The maximum atomic E-state index is 12.3. The first-order valence-electron chi connectivity index (χ1n) is 8.21. The second-order valence-corrected chi connectivity index (χ2v) is 7.82. The van der Waals surface area contributed by atoms with E-state index in [4.69, 9.17) is 0 Å². The lowest BCUT2D eigenvalue weighted by Gasteiger charge is -2.05. The molecule has 0 spiro atoms. The van der Waals surface area contributed by atoms with Crippen LogP contribution in [0.1, 0.15) is 48.7 Å². The third-order valence-electron chi connectivity index (χ3n) is 3.81. The smallest absolute Gasteiger partial charge is 0.251 e. The molecule has 3 nitrogen and oxygen atoms in total. The molecule has 2 aromatic heterocycles. The first-order valence-corrected chi connectivity index (χ1v) is 9.91. The third-order valence-corrected chi connectivity index (χ3v) is 5.76. The Morgan fingerprint density at radius 1 is 1.00 bits per heavy atom. The Morgan fingerprint density at radius 3 is 2.48 bits per heavy atom. The van der Waals surface area contributed by atoms with Crippen LogP contribution in [0, 0.1) is 0 Å². The van der Waals surface area contributed by atoms with Gasteiger partial charge in [0, 0.05) is 10.4 Å². The Balaban J connectivity index is 1.58. The lowest BCUT2D eigenvalue weighted by Crippen LogP contribution is -2.22. The van der Waals surface area contributed by atoms with Crippen LogP contribution in [0.15, 0.2) is 53.9 Å². The summed E-state index contributed by atoms with van der Waals surface area (Å²) in [5.74, 6) is -0.0494. The van der Waals surface area contributed by atoms with Crippen molar-refractivity contribution in [3.05, 3.63) is 79.7 Å². The second kappa shape index (κ2) is 8.23. The fraction of sp³-hybridized carbons (Fsp3) is 0.200. The van der Waals surface area contributed by atoms with Crippen molar-refractivity contribution in [3.8, 4) is 0 Å². The number of ketones is 1. The van der Waals surface area contributed by atoms with E-state index in [1.54, 1.807) is 0 Å². The van der Waals surface area contributed by atoms with Gasteiger partial charge in [-0.1, -0.05) is 31.5 Å². The van der Waals surface area contributed by atoms with Gasteiger partial charge in [-0.25, -0.2) is 0 Å². The lowest BCUT2D eigenvalue weighted by molar-refractivity contribution is 0.0950. The summed E-state index contributed by atoms with van der Waals surface area (Å²) in [6.07, 6.45) is 2.12. The Bertz CT molecular complexity index is 848. The van der Waals surface area contributed by atoms with E-state index in [0.717, 1.165) is 22.6 Å². The summed E-state index contributed by atoms with van der Waals surface area (Å²) < 4.78 is 0. The number of thiophene rings is 2. The van der Waals surface area contributed by atoms with Gasteiger partial charge in [-0.2, -0.15) is 0 Å². The predicted octanol–water partition coefficient (Wildman–Crippen LogP) is 4.92. The molecule has 0 aliphatic carbocycles. The predicted molar refractivity (Wildman–Crippen MR) is 104 cm³/mol. The van der Waals surface area contributed by atoms with Crippen LogP contribution in [0.25, 0.3) is 0 Å². The molecule has 0 aliphatic rings. The van der Waals surface area contributed by atoms with Crippen LogP contribution in [0.4, 0.5) is 0 Å². The summed E-state index contributed by atoms with van der Waals surface area (Å²) in [7, 11) is 0. The second-order valence-electron chi connectivity index (χ2n) is 5.70. The van der Waals surface area contributed by atoms with Gasteiger partial charge in [0.05, 0.1) is 16.3 Å². The summed E-state index contributed by atoms with van der Waals surface area (Å²) in [5.41, 5.74) is 1.90. The lowest BCUT2D eigenvalue weighted by atomic mass is 10.1. The molecule has 0 saturated carbocycles. The normalized spacial score (nSPS) is 10.6. The molecule has 0 bridgehead atoms. The molecule has 1 N–H and O–H groups in total. The highest BCUT2D eigenvalue weighted by atomic mass is 32.1. The fourth-order valence-corrected chi connectivity index (χ4v) is 4.15. The Kier molecular flexibility index (Phi) is 5.79. The Labute approximate surface area is 155 Å². The molecular weight excluding hydrogens is 350 g/mol. The van der Waals surface area contributed by atoms with Gasteiger partial charge in [-0.05, 0) is 47.7 Å². The minimum absolute atomic E-state index is 0.0455. The van der Waals surface area contributed by atoms with Crippen molar-refractivity contribution in [1.29, 1.82) is 0 Å². The maximum absolute atomic E-state index is 12.3. The van der Waals surface area contributed by atoms with E-state index in [1.165, 1.54) is 28.2 Å². The number of nitrogens with one attached hydrogen (secondary N) is 1. The molecule has 3 rings (SSSR count). The van der Waals surface area contributed by atoms with Crippen molar-refractivity contribution in [2.45, 2.75) is 26.3 Å². The van der Waals surface area contributed by atoms with Gasteiger partial charge in [-0.3, -0.25) is 9.59 Å². The van der Waals surface area contributed by atoms with E-state index in [2.05, 4.69) is 12.2 Å². The molecular formula is C20H19NO2S2. The molecule has 0 radical (unpaired) electrons. The van der Waals surface area contributed by atoms with Crippen molar-refractivity contribution in [2.24, 2.45) is 0 Å². The van der Waals surface area contributed by atoms with Crippen LogP contribution >= 0.6 is 22.7 Å². The molecule has 1 aromatic carbocycles. The average Bonchev–Trinajstić information content (AvgIpc) is 3.32. The molecule has 128 valence electrons. The summed E-state index contributed by atoms with van der Waals surface area (Å²) in [6, 6.07) is 15.2. The average molecular weight is 370 g/mol. The number of hydrogen-bond donors (Lipinski definition) is 1. The maximum Gasteiger partial charge on any atom is 0.251 e. The molecule has 0 aliphatic heterocycles. The summed E-state index contributed by atoms with van der Waals surface area (Å²) in [5, 5.41) is 4.81. The van der Waals surface area contributed by atoms with Crippen molar-refractivity contribution in [3.63, 3.8) is 0 Å². The van der Waals surface area contributed by atoms with Gasteiger partial charge >= 0.3 is 0 Å². The highest BCUT2D eigenvalue weighted by Gasteiger charge is 2.13. The van der Waals surface area contributed by atoms with E-state index < -0.39 is 0 Å². The number of amides is 1. The number of carbonyl (C=O) groups is 2. The highest BCUT2D eigenvalue weighted by molar-refractivity contribution is 7.16. The zero-order valence-corrected chi connectivity index (χ0v) is 15.6. The monoisotopic (exact) mass is 369 g/mol. The molecule has 0 fully saturated rings. The van der Waals surface area contributed by atoms with Gasteiger partial charge < -0.3 is 5.32 Å². The number of benzene rings is 1. The molecule has 25 heavy (non-hydrogen) atoms. The minimum atomic E-state index is -0.0948. The number of rotatable bonds is 7. The molecule has 0 unspecified atom stereocenters. The minimum Gasteiger partial charge on any atom is -0.347 e. The summed E-state index contributed by atoms with van der Waals surface area (Å²) >= 11 is 2.87. The van der Waals surface area contributed by atoms with Gasteiger partial charge in [0.15, 0.2) is 0 Å². The Hall–Kier alpha value is -2.24. The van der Waals surface area contributed by atoms with Crippen molar-refractivity contribution < 1.29 is 9.59 Å². The van der Waals surface area contributed by atoms with E-state index in [-0.39, 0.29) is 11.7 Å². The summed E-state index contributed by atoms with van der Waals surface area (Å²) in [4.78, 5) is 27.0. The first kappa shape index (κ1) is 17.6. The van der Waals surface area contributed by atoms with Gasteiger partial charge in [0.1, 0.15) is 0 Å². The molecule has 1 amide bonds. The van der Waals surface area contributed by atoms with E-state index in [0.29, 0.717) is 17.0 Å². The number of aryl methyl sites for hydroxylation is 1.